The fraction of sp³-hybridized carbons (Fsp3) is 0.391. The Morgan fingerprint density at radius 1 is 1.07 bits per heavy atom. The summed E-state index contributed by atoms with van der Waals surface area (Å²) in [4.78, 5) is 0. The van der Waals surface area contributed by atoms with Crippen LogP contribution in [0.3, 0.4) is 0 Å². The fourth-order valence-electron chi connectivity index (χ4n) is 5.03. The molecular weight excluding hydrogens is 348 g/mol. The van der Waals surface area contributed by atoms with Crippen LogP contribution >= 0.6 is 0 Å². The van der Waals surface area contributed by atoms with Crippen LogP contribution in [-0.2, 0) is 7.05 Å². The molecule has 0 spiro atoms. The summed E-state index contributed by atoms with van der Waals surface area (Å²) in [5.41, 5.74) is 7.03. The van der Waals surface area contributed by atoms with Crippen molar-refractivity contribution in [3.8, 4) is 16.9 Å². The van der Waals surface area contributed by atoms with Gasteiger partial charge in [-0.15, -0.1) is 0 Å². The van der Waals surface area contributed by atoms with Gasteiger partial charge in [-0.2, -0.15) is 0 Å². The van der Waals surface area contributed by atoms with Gasteiger partial charge in [0.2, 0.25) is 0 Å². The number of methoxy groups -OCH3 is 1. The molecule has 1 aliphatic rings. The zero-order valence-corrected chi connectivity index (χ0v) is 18.7. The summed E-state index contributed by atoms with van der Waals surface area (Å²) < 4.78 is 10.7. The SMILES string of the molecule is COc1ccc2c(c1)c1c(n2C)C(N([SiH](C)C)C(C)(C)C)c2ccccc2-1. The minimum atomic E-state index is -1.07. The largest absolute Gasteiger partial charge is 0.497 e. The van der Waals surface area contributed by atoms with E-state index in [0.717, 1.165) is 5.75 Å². The molecule has 0 saturated heterocycles. The minimum absolute atomic E-state index is 0.119. The first-order valence-corrected chi connectivity index (χ1v) is 12.6. The van der Waals surface area contributed by atoms with E-state index >= 15 is 0 Å². The number of benzene rings is 2. The monoisotopic (exact) mass is 378 g/mol. The van der Waals surface area contributed by atoms with E-state index in [0.29, 0.717) is 6.04 Å². The molecule has 4 heteroatoms. The molecule has 1 aliphatic carbocycles. The normalized spacial score (nSPS) is 16.3. The molecule has 1 unspecified atom stereocenters. The highest BCUT2D eigenvalue weighted by molar-refractivity contribution is 6.53. The van der Waals surface area contributed by atoms with Gasteiger partial charge in [-0.3, -0.25) is 0 Å². The van der Waals surface area contributed by atoms with Crippen molar-refractivity contribution in [2.45, 2.75) is 45.4 Å². The van der Waals surface area contributed by atoms with Gasteiger partial charge in [0.1, 0.15) is 14.7 Å². The number of rotatable bonds is 3. The summed E-state index contributed by atoms with van der Waals surface area (Å²) in [6.45, 7) is 11.9. The Morgan fingerprint density at radius 2 is 1.78 bits per heavy atom. The first-order chi connectivity index (χ1) is 12.8. The summed E-state index contributed by atoms with van der Waals surface area (Å²) in [6.07, 6.45) is 0. The third-order valence-electron chi connectivity index (χ3n) is 5.84. The lowest BCUT2D eigenvalue weighted by Gasteiger charge is -2.44. The van der Waals surface area contributed by atoms with E-state index in [1.54, 1.807) is 7.11 Å². The summed E-state index contributed by atoms with van der Waals surface area (Å²) in [7, 11) is 2.89. The second kappa shape index (κ2) is 6.25. The molecule has 0 bridgehead atoms. The molecule has 3 nitrogen and oxygen atoms in total. The summed E-state index contributed by atoms with van der Waals surface area (Å²) in [5, 5.41) is 1.29. The average molecular weight is 379 g/mol. The van der Waals surface area contributed by atoms with Gasteiger partial charge in [-0.05, 0) is 50.1 Å². The summed E-state index contributed by atoms with van der Waals surface area (Å²) in [6, 6.07) is 15.7. The Hall–Kier alpha value is -2.04. The standard InChI is InChI=1S/C23H30N2OSi/c1-23(2,3)25(27(6)7)21-17-11-9-8-10-16(17)20-18-14-15(26-5)12-13-19(18)24(4)22(20)21/h8-14,21,27H,1-7H3. The Bertz CT molecular complexity index is 1010. The molecule has 4 rings (SSSR count). The van der Waals surface area contributed by atoms with Crippen molar-refractivity contribution in [3.63, 3.8) is 0 Å². The highest BCUT2D eigenvalue weighted by Crippen LogP contribution is 2.52. The number of hydrogen-bond acceptors (Lipinski definition) is 2. The molecule has 0 fully saturated rings. The Kier molecular flexibility index (Phi) is 4.24. The lowest BCUT2D eigenvalue weighted by atomic mass is 10.0. The number of aromatic nitrogens is 1. The van der Waals surface area contributed by atoms with Crippen LogP contribution in [0.25, 0.3) is 22.0 Å². The number of aryl methyl sites for hydroxylation is 1. The maximum Gasteiger partial charge on any atom is 0.119 e. The van der Waals surface area contributed by atoms with E-state index in [-0.39, 0.29) is 5.54 Å². The van der Waals surface area contributed by atoms with Gasteiger partial charge in [-0.25, -0.2) is 0 Å². The van der Waals surface area contributed by atoms with E-state index in [2.05, 4.69) is 92.5 Å². The van der Waals surface area contributed by atoms with Crippen molar-refractivity contribution < 1.29 is 4.74 Å². The second-order valence-corrected chi connectivity index (χ2v) is 11.6. The number of fused-ring (bicyclic) bond motifs is 5. The number of nitrogens with zero attached hydrogens (tertiary/aromatic N) is 2. The highest BCUT2D eigenvalue weighted by Gasteiger charge is 2.42. The lowest BCUT2D eigenvalue weighted by Crippen LogP contribution is -2.50. The molecule has 0 amide bonds. The minimum Gasteiger partial charge on any atom is -0.497 e. The van der Waals surface area contributed by atoms with Crippen LogP contribution in [0.15, 0.2) is 42.5 Å². The van der Waals surface area contributed by atoms with Gasteiger partial charge in [-0.1, -0.05) is 37.4 Å². The molecule has 2 aromatic carbocycles. The van der Waals surface area contributed by atoms with Crippen LogP contribution < -0.4 is 4.74 Å². The molecule has 0 N–H and O–H groups in total. The smallest absolute Gasteiger partial charge is 0.119 e. The molecule has 3 aromatic rings. The van der Waals surface area contributed by atoms with Crippen molar-refractivity contribution in [2.24, 2.45) is 7.05 Å². The van der Waals surface area contributed by atoms with E-state index in [1.807, 2.05) is 0 Å². The van der Waals surface area contributed by atoms with Gasteiger partial charge in [0, 0.05) is 34.7 Å². The average Bonchev–Trinajstić information content (AvgIpc) is 3.08. The molecular formula is C23H30N2OSi. The molecule has 0 radical (unpaired) electrons. The summed E-state index contributed by atoms with van der Waals surface area (Å²) >= 11 is 0. The molecule has 0 saturated carbocycles. The van der Waals surface area contributed by atoms with Gasteiger partial charge < -0.3 is 13.9 Å². The number of ether oxygens (including phenoxy) is 1. The topological polar surface area (TPSA) is 17.4 Å². The predicted molar refractivity (Wildman–Crippen MR) is 117 cm³/mol. The van der Waals surface area contributed by atoms with Crippen LogP contribution in [0.5, 0.6) is 5.75 Å². The van der Waals surface area contributed by atoms with Crippen molar-refractivity contribution in [1.29, 1.82) is 0 Å². The second-order valence-electron chi connectivity index (χ2n) is 8.86. The predicted octanol–water partition coefficient (Wildman–Crippen LogP) is 5.34. The lowest BCUT2D eigenvalue weighted by molar-refractivity contribution is 0.207. The maximum absolute atomic E-state index is 5.53. The molecule has 1 heterocycles. The quantitative estimate of drug-likeness (QED) is 0.572. The molecule has 1 atom stereocenters. The third kappa shape index (κ3) is 2.65. The maximum atomic E-state index is 5.53. The van der Waals surface area contributed by atoms with Crippen molar-refractivity contribution >= 4 is 19.9 Å². The first kappa shape index (κ1) is 18.3. The Labute approximate surface area is 164 Å². The highest BCUT2D eigenvalue weighted by atomic mass is 28.3. The molecule has 142 valence electrons. The van der Waals surface area contributed by atoms with Gasteiger partial charge in [0.25, 0.3) is 0 Å². The van der Waals surface area contributed by atoms with E-state index < -0.39 is 8.96 Å². The van der Waals surface area contributed by atoms with Crippen LogP contribution in [-0.4, -0.2) is 30.7 Å². The van der Waals surface area contributed by atoms with Crippen molar-refractivity contribution in [3.05, 3.63) is 53.7 Å². The Morgan fingerprint density at radius 3 is 2.41 bits per heavy atom. The summed E-state index contributed by atoms with van der Waals surface area (Å²) in [5.74, 6) is 0.919. The van der Waals surface area contributed by atoms with E-state index in [1.165, 1.54) is 33.3 Å². The molecule has 1 aromatic heterocycles. The molecule has 0 aliphatic heterocycles. The van der Waals surface area contributed by atoms with Crippen LogP contribution in [0.2, 0.25) is 13.1 Å². The zero-order chi connectivity index (χ0) is 19.5. The number of hydrogen-bond donors (Lipinski definition) is 0. The third-order valence-corrected chi connectivity index (χ3v) is 8.03. The van der Waals surface area contributed by atoms with E-state index in [9.17, 15) is 0 Å². The zero-order valence-electron chi connectivity index (χ0n) is 17.5. The van der Waals surface area contributed by atoms with Crippen LogP contribution in [0.1, 0.15) is 38.1 Å². The van der Waals surface area contributed by atoms with Crippen LogP contribution in [0, 0.1) is 0 Å². The van der Waals surface area contributed by atoms with Gasteiger partial charge in [0.15, 0.2) is 0 Å². The van der Waals surface area contributed by atoms with Gasteiger partial charge in [0.05, 0.1) is 13.2 Å². The molecule has 27 heavy (non-hydrogen) atoms. The fourth-order valence-corrected chi connectivity index (χ4v) is 7.47. The van der Waals surface area contributed by atoms with Gasteiger partial charge >= 0.3 is 0 Å². The van der Waals surface area contributed by atoms with Crippen LogP contribution in [0.4, 0.5) is 0 Å². The van der Waals surface area contributed by atoms with Crippen molar-refractivity contribution in [2.75, 3.05) is 7.11 Å². The van der Waals surface area contributed by atoms with Crippen molar-refractivity contribution in [1.82, 2.24) is 9.13 Å². The first-order valence-electron chi connectivity index (χ1n) is 9.79. The Balaban J connectivity index is 2.08. The van der Waals surface area contributed by atoms with E-state index in [4.69, 9.17) is 4.74 Å².